The largest absolute Gasteiger partial charge is 0.489 e. The van der Waals surface area contributed by atoms with Crippen LogP contribution in [0.2, 0.25) is 0 Å². The molecule has 28 heavy (non-hydrogen) atoms. The summed E-state index contributed by atoms with van der Waals surface area (Å²) in [5.74, 6) is -0.324. The molecule has 0 bridgehead atoms. The van der Waals surface area contributed by atoms with Gasteiger partial charge in [-0.05, 0) is 35.7 Å². The van der Waals surface area contributed by atoms with Crippen LogP contribution in [0.4, 0.5) is 0 Å². The van der Waals surface area contributed by atoms with Crippen LogP contribution in [0.1, 0.15) is 36.0 Å². The quantitative estimate of drug-likeness (QED) is 0.477. The summed E-state index contributed by atoms with van der Waals surface area (Å²) in [6, 6.07) is 14.7. The lowest BCUT2D eigenvalue weighted by Crippen LogP contribution is -2.04. The third-order valence-corrected chi connectivity index (χ3v) is 4.54. The number of benzene rings is 2. The van der Waals surface area contributed by atoms with Crippen molar-refractivity contribution in [1.82, 2.24) is 0 Å². The number of ether oxygens (including phenoxy) is 1. The van der Waals surface area contributed by atoms with E-state index in [-0.39, 0.29) is 18.9 Å². The zero-order valence-corrected chi connectivity index (χ0v) is 16.7. The molecule has 0 aliphatic carbocycles. The molecule has 0 saturated carbocycles. The van der Waals surface area contributed by atoms with Crippen molar-refractivity contribution in [2.24, 2.45) is 0 Å². The summed E-state index contributed by atoms with van der Waals surface area (Å²) in [5.41, 5.74) is 2.61. The molecule has 7 heteroatoms. The van der Waals surface area contributed by atoms with Gasteiger partial charge < -0.3 is 9.84 Å². The van der Waals surface area contributed by atoms with E-state index < -0.39 is 16.1 Å². The summed E-state index contributed by atoms with van der Waals surface area (Å²) in [5, 5.41) is 9.03. The van der Waals surface area contributed by atoms with E-state index in [2.05, 4.69) is 0 Å². The Hall–Kier alpha value is -2.64. The number of aliphatic carboxylic acids is 1. The van der Waals surface area contributed by atoms with Crippen LogP contribution in [0, 0.1) is 0 Å². The van der Waals surface area contributed by atoms with Crippen LogP contribution in [0.25, 0.3) is 0 Å². The first-order valence-electron chi connectivity index (χ1n) is 8.76. The smallest absolute Gasteiger partial charge is 0.304 e. The number of carboxylic acid groups (broad SMARTS) is 1. The molecule has 0 saturated heterocycles. The SMILES string of the molecule is CC=CC(CC(=O)O)c1ccc(OCc2ccc(COS(C)(=O)=O)cc2)cc1. The highest BCUT2D eigenvalue weighted by Crippen LogP contribution is 2.24. The molecule has 2 aromatic rings. The zero-order chi connectivity index (χ0) is 20.6. The second-order valence-electron chi connectivity index (χ2n) is 6.37. The van der Waals surface area contributed by atoms with Crippen LogP contribution in [0.5, 0.6) is 5.75 Å². The van der Waals surface area contributed by atoms with Gasteiger partial charge in [0.1, 0.15) is 12.4 Å². The minimum Gasteiger partial charge on any atom is -0.489 e. The summed E-state index contributed by atoms with van der Waals surface area (Å²) >= 11 is 0. The maximum Gasteiger partial charge on any atom is 0.304 e. The maximum atomic E-state index is 11.0. The topological polar surface area (TPSA) is 89.9 Å². The van der Waals surface area contributed by atoms with E-state index >= 15 is 0 Å². The van der Waals surface area contributed by atoms with Crippen LogP contribution in [0.3, 0.4) is 0 Å². The molecule has 0 amide bonds. The van der Waals surface area contributed by atoms with Crippen molar-refractivity contribution in [2.75, 3.05) is 6.26 Å². The van der Waals surface area contributed by atoms with Gasteiger partial charge in [0.05, 0.1) is 19.3 Å². The Morgan fingerprint density at radius 1 is 1.04 bits per heavy atom. The summed E-state index contributed by atoms with van der Waals surface area (Å²) < 4.78 is 32.5. The fourth-order valence-corrected chi connectivity index (χ4v) is 2.95. The Morgan fingerprint density at radius 3 is 2.11 bits per heavy atom. The van der Waals surface area contributed by atoms with E-state index in [1.165, 1.54) is 0 Å². The minimum absolute atomic E-state index is 0.00511. The number of rotatable bonds is 10. The van der Waals surface area contributed by atoms with E-state index in [9.17, 15) is 13.2 Å². The van der Waals surface area contributed by atoms with Crippen LogP contribution < -0.4 is 4.74 Å². The molecule has 150 valence electrons. The van der Waals surface area contributed by atoms with Crippen LogP contribution in [0.15, 0.2) is 60.7 Å². The van der Waals surface area contributed by atoms with Crippen molar-refractivity contribution in [2.45, 2.75) is 32.5 Å². The molecule has 2 aromatic carbocycles. The van der Waals surface area contributed by atoms with Crippen LogP contribution in [-0.4, -0.2) is 25.7 Å². The van der Waals surface area contributed by atoms with Gasteiger partial charge in [-0.1, -0.05) is 48.6 Å². The lowest BCUT2D eigenvalue weighted by Gasteiger charge is -2.12. The van der Waals surface area contributed by atoms with Crippen molar-refractivity contribution < 1.29 is 27.2 Å². The Bertz CT molecular complexity index is 899. The highest BCUT2D eigenvalue weighted by molar-refractivity contribution is 7.85. The first kappa shape index (κ1) is 21.7. The first-order valence-corrected chi connectivity index (χ1v) is 10.6. The summed E-state index contributed by atoms with van der Waals surface area (Å²) in [7, 11) is -3.46. The molecular weight excluding hydrogens is 380 g/mol. The van der Waals surface area contributed by atoms with Crippen molar-refractivity contribution in [3.8, 4) is 5.75 Å². The number of carboxylic acids is 1. The molecule has 0 aliphatic rings. The normalized spacial score (nSPS) is 12.8. The second-order valence-corrected chi connectivity index (χ2v) is 8.01. The van der Waals surface area contributed by atoms with Gasteiger partial charge in [-0.15, -0.1) is 0 Å². The van der Waals surface area contributed by atoms with Gasteiger partial charge in [-0.3, -0.25) is 8.98 Å². The van der Waals surface area contributed by atoms with Crippen molar-refractivity contribution in [1.29, 1.82) is 0 Å². The summed E-state index contributed by atoms with van der Waals surface area (Å²) in [6.07, 6.45) is 4.78. The first-order chi connectivity index (χ1) is 13.3. The monoisotopic (exact) mass is 404 g/mol. The van der Waals surface area contributed by atoms with E-state index in [0.717, 1.165) is 22.9 Å². The fraction of sp³-hybridized carbons (Fsp3) is 0.286. The summed E-state index contributed by atoms with van der Waals surface area (Å²) in [4.78, 5) is 11.0. The van der Waals surface area contributed by atoms with Gasteiger partial charge in [0.15, 0.2) is 0 Å². The molecular formula is C21H24O6S. The van der Waals surface area contributed by atoms with Gasteiger partial charge in [0.25, 0.3) is 10.1 Å². The lowest BCUT2D eigenvalue weighted by molar-refractivity contribution is -0.137. The van der Waals surface area contributed by atoms with Crippen LogP contribution >= 0.6 is 0 Å². The Labute approximate surface area is 165 Å². The minimum atomic E-state index is -3.46. The average molecular weight is 404 g/mol. The standard InChI is InChI=1S/C21H24O6S/c1-3-4-19(13-21(22)23)18-9-11-20(12-10-18)26-14-16-5-7-17(8-6-16)15-27-28(2,24)25/h3-12,19H,13-15H2,1-2H3,(H,22,23). The highest BCUT2D eigenvalue weighted by atomic mass is 32.2. The third-order valence-electron chi connectivity index (χ3n) is 4.00. The van der Waals surface area contributed by atoms with Crippen LogP contribution in [-0.2, 0) is 32.3 Å². The Kier molecular flexibility index (Phi) is 7.78. The number of hydrogen-bond donors (Lipinski definition) is 1. The molecule has 1 unspecified atom stereocenters. The average Bonchev–Trinajstić information content (AvgIpc) is 2.65. The third kappa shape index (κ3) is 7.54. The predicted molar refractivity (Wildman–Crippen MR) is 107 cm³/mol. The number of hydrogen-bond acceptors (Lipinski definition) is 5. The number of allylic oxidation sites excluding steroid dienone is 2. The van der Waals surface area contributed by atoms with Gasteiger partial charge in [0, 0.05) is 5.92 Å². The molecule has 0 aromatic heterocycles. The van der Waals surface area contributed by atoms with Crippen molar-refractivity contribution in [3.05, 3.63) is 77.4 Å². The van der Waals surface area contributed by atoms with E-state index in [0.29, 0.717) is 12.4 Å². The van der Waals surface area contributed by atoms with E-state index in [4.69, 9.17) is 14.0 Å². The highest BCUT2D eigenvalue weighted by Gasteiger charge is 2.12. The molecule has 6 nitrogen and oxygen atoms in total. The molecule has 0 radical (unpaired) electrons. The molecule has 2 rings (SSSR count). The second kappa shape index (κ2) is 10.1. The zero-order valence-electron chi connectivity index (χ0n) is 15.9. The molecule has 0 aliphatic heterocycles. The van der Waals surface area contributed by atoms with E-state index in [1.54, 1.807) is 12.1 Å². The van der Waals surface area contributed by atoms with Crippen molar-refractivity contribution in [3.63, 3.8) is 0 Å². The molecule has 1 N–H and O–H groups in total. The van der Waals surface area contributed by atoms with Gasteiger partial charge in [-0.25, -0.2) is 0 Å². The molecule has 1 atom stereocenters. The Balaban J connectivity index is 1.93. The summed E-state index contributed by atoms with van der Waals surface area (Å²) in [6.45, 7) is 2.23. The molecule has 0 fully saturated rings. The fourth-order valence-electron chi connectivity index (χ4n) is 2.60. The van der Waals surface area contributed by atoms with Gasteiger partial charge >= 0.3 is 5.97 Å². The lowest BCUT2D eigenvalue weighted by atomic mass is 9.95. The van der Waals surface area contributed by atoms with E-state index in [1.807, 2.05) is 55.5 Å². The predicted octanol–water partition coefficient (Wildman–Crippen LogP) is 3.88. The van der Waals surface area contributed by atoms with Gasteiger partial charge in [-0.2, -0.15) is 8.42 Å². The maximum absolute atomic E-state index is 11.0. The molecule has 0 heterocycles. The number of carbonyl (C=O) groups is 1. The molecule has 0 spiro atoms. The Morgan fingerprint density at radius 2 is 1.61 bits per heavy atom. The van der Waals surface area contributed by atoms with Gasteiger partial charge in [0.2, 0.25) is 0 Å². The van der Waals surface area contributed by atoms with Crippen molar-refractivity contribution >= 4 is 16.1 Å².